The summed E-state index contributed by atoms with van der Waals surface area (Å²) in [5, 5.41) is 2.58. The molecule has 0 spiro atoms. The summed E-state index contributed by atoms with van der Waals surface area (Å²) < 4.78 is 1.15. The standard InChI is InChI=1S/C12H12BrN/c13-12-6-5-9-3-1-2-4-10(9)11(12)7-8-14/h1-6H,7-8,14H2. The first kappa shape index (κ1) is 9.69. The summed E-state index contributed by atoms with van der Waals surface area (Å²) in [4.78, 5) is 0. The van der Waals surface area contributed by atoms with E-state index < -0.39 is 0 Å². The first-order valence-corrected chi connectivity index (χ1v) is 5.48. The highest BCUT2D eigenvalue weighted by Gasteiger charge is 2.03. The van der Waals surface area contributed by atoms with Gasteiger partial charge < -0.3 is 5.73 Å². The van der Waals surface area contributed by atoms with Gasteiger partial charge in [-0.25, -0.2) is 0 Å². The number of halogens is 1. The van der Waals surface area contributed by atoms with Crippen LogP contribution in [-0.4, -0.2) is 6.54 Å². The summed E-state index contributed by atoms with van der Waals surface area (Å²) in [6.45, 7) is 0.687. The smallest absolute Gasteiger partial charge is 0.0214 e. The molecule has 1 nitrogen and oxygen atoms in total. The summed E-state index contributed by atoms with van der Waals surface area (Å²) in [7, 11) is 0. The highest BCUT2D eigenvalue weighted by atomic mass is 79.9. The van der Waals surface area contributed by atoms with Crippen LogP contribution in [0.1, 0.15) is 5.56 Å². The fourth-order valence-electron chi connectivity index (χ4n) is 1.71. The second-order valence-corrected chi connectivity index (χ2v) is 4.14. The lowest BCUT2D eigenvalue weighted by molar-refractivity contribution is 0.972. The molecule has 72 valence electrons. The normalized spacial score (nSPS) is 10.7. The molecule has 0 aromatic heterocycles. The van der Waals surface area contributed by atoms with E-state index in [-0.39, 0.29) is 0 Å². The van der Waals surface area contributed by atoms with E-state index in [1.54, 1.807) is 0 Å². The highest BCUT2D eigenvalue weighted by molar-refractivity contribution is 9.10. The summed E-state index contributed by atoms with van der Waals surface area (Å²) in [6.07, 6.45) is 0.919. The Bertz CT molecular complexity index is 451. The van der Waals surface area contributed by atoms with Gasteiger partial charge in [-0.05, 0) is 35.4 Å². The number of benzene rings is 2. The van der Waals surface area contributed by atoms with Gasteiger partial charge in [-0.3, -0.25) is 0 Å². The van der Waals surface area contributed by atoms with E-state index in [1.165, 1.54) is 16.3 Å². The molecule has 2 aromatic carbocycles. The fourth-order valence-corrected chi connectivity index (χ4v) is 2.25. The van der Waals surface area contributed by atoms with Gasteiger partial charge in [0.15, 0.2) is 0 Å². The average Bonchev–Trinajstić information content (AvgIpc) is 2.23. The Morgan fingerprint density at radius 2 is 1.86 bits per heavy atom. The average molecular weight is 250 g/mol. The van der Waals surface area contributed by atoms with E-state index in [4.69, 9.17) is 5.73 Å². The van der Waals surface area contributed by atoms with Crippen molar-refractivity contribution in [2.45, 2.75) is 6.42 Å². The van der Waals surface area contributed by atoms with E-state index >= 15 is 0 Å². The van der Waals surface area contributed by atoms with Gasteiger partial charge in [-0.15, -0.1) is 0 Å². The topological polar surface area (TPSA) is 26.0 Å². The molecule has 0 aliphatic heterocycles. The molecule has 2 heteroatoms. The zero-order valence-corrected chi connectivity index (χ0v) is 9.42. The van der Waals surface area contributed by atoms with Crippen molar-refractivity contribution in [3.63, 3.8) is 0 Å². The molecule has 2 aromatic rings. The van der Waals surface area contributed by atoms with Crippen LogP contribution in [0.3, 0.4) is 0 Å². The molecule has 0 aliphatic rings. The number of rotatable bonds is 2. The van der Waals surface area contributed by atoms with Gasteiger partial charge in [0, 0.05) is 4.47 Å². The van der Waals surface area contributed by atoms with Crippen LogP contribution in [0.15, 0.2) is 40.9 Å². The van der Waals surface area contributed by atoms with Crippen molar-refractivity contribution >= 4 is 26.7 Å². The molecule has 0 atom stereocenters. The van der Waals surface area contributed by atoms with E-state index in [2.05, 4.69) is 52.3 Å². The van der Waals surface area contributed by atoms with E-state index in [1.807, 2.05) is 0 Å². The molecular weight excluding hydrogens is 238 g/mol. The van der Waals surface area contributed by atoms with Crippen molar-refractivity contribution in [3.05, 3.63) is 46.4 Å². The summed E-state index contributed by atoms with van der Waals surface area (Å²) >= 11 is 3.56. The van der Waals surface area contributed by atoms with Crippen LogP contribution in [0.25, 0.3) is 10.8 Å². The van der Waals surface area contributed by atoms with Gasteiger partial charge >= 0.3 is 0 Å². The Kier molecular flexibility index (Phi) is 2.85. The molecule has 0 aliphatic carbocycles. The van der Waals surface area contributed by atoms with Crippen LogP contribution in [0.2, 0.25) is 0 Å². The number of hydrogen-bond acceptors (Lipinski definition) is 1. The van der Waals surface area contributed by atoms with Crippen LogP contribution >= 0.6 is 15.9 Å². The minimum Gasteiger partial charge on any atom is -0.330 e. The molecule has 0 bridgehead atoms. The summed E-state index contributed by atoms with van der Waals surface area (Å²) in [5.74, 6) is 0. The lowest BCUT2D eigenvalue weighted by Crippen LogP contribution is -2.03. The molecule has 0 fully saturated rings. The van der Waals surface area contributed by atoms with E-state index in [0.717, 1.165) is 10.9 Å². The zero-order chi connectivity index (χ0) is 9.97. The van der Waals surface area contributed by atoms with Gasteiger partial charge in [0.05, 0.1) is 0 Å². The first-order valence-electron chi connectivity index (χ1n) is 4.69. The predicted molar refractivity (Wildman–Crippen MR) is 64.4 cm³/mol. The Balaban J connectivity index is 2.69. The van der Waals surface area contributed by atoms with Crippen LogP contribution in [0.4, 0.5) is 0 Å². The molecule has 0 saturated heterocycles. The molecule has 0 amide bonds. The zero-order valence-electron chi connectivity index (χ0n) is 7.83. The maximum absolute atomic E-state index is 5.60. The Labute approximate surface area is 92.1 Å². The number of fused-ring (bicyclic) bond motifs is 1. The van der Waals surface area contributed by atoms with Gasteiger partial charge in [-0.2, -0.15) is 0 Å². The van der Waals surface area contributed by atoms with Crippen molar-refractivity contribution in [1.82, 2.24) is 0 Å². The van der Waals surface area contributed by atoms with Crippen LogP contribution < -0.4 is 5.73 Å². The molecule has 2 rings (SSSR count). The van der Waals surface area contributed by atoms with E-state index in [9.17, 15) is 0 Å². The monoisotopic (exact) mass is 249 g/mol. The quantitative estimate of drug-likeness (QED) is 0.870. The Morgan fingerprint density at radius 3 is 2.64 bits per heavy atom. The van der Waals surface area contributed by atoms with Crippen LogP contribution in [-0.2, 0) is 6.42 Å². The minimum atomic E-state index is 0.687. The maximum atomic E-state index is 5.60. The lowest BCUT2D eigenvalue weighted by Gasteiger charge is -2.07. The van der Waals surface area contributed by atoms with E-state index in [0.29, 0.717) is 6.54 Å². The number of nitrogens with two attached hydrogens (primary N) is 1. The van der Waals surface area contributed by atoms with Crippen molar-refractivity contribution in [1.29, 1.82) is 0 Å². The molecule has 2 N–H and O–H groups in total. The van der Waals surface area contributed by atoms with Gasteiger partial charge in [-0.1, -0.05) is 46.3 Å². The van der Waals surface area contributed by atoms with Crippen molar-refractivity contribution in [2.75, 3.05) is 6.54 Å². The van der Waals surface area contributed by atoms with Crippen molar-refractivity contribution in [2.24, 2.45) is 5.73 Å². The highest BCUT2D eigenvalue weighted by Crippen LogP contribution is 2.26. The molecular formula is C12H12BrN. The second-order valence-electron chi connectivity index (χ2n) is 3.29. The van der Waals surface area contributed by atoms with Crippen LogP contribution in [0, 0.1) is 0 Å². The first-order chi connectivity index (χ1) is 6.83. The molecule has 0 saturated carbocycles. The fraction of sp³-hybridized carbons (Fsp3) is 0.167. The SMILES string of the molecule is NCCc1c(Br)ccc2ccccc12. The van der Waals surface area contributed by atoms with Gasteiger partial charge in [0.1, 0.15) is 0 Å². The predicted octanol–water partition coefficient (Wildman–Crippen LogP) is 3.10. The Morgan fingerprint density at radius 1 is 1.07 bits per heavy atom. The molecule has 14 heavy (non-hydrogen) atoms. The Hall–Kier alpha value is -0.860. The third kappa shape index (κ3) is 1.68. The lowest BCUT2D eigenvalue weighted by atomic mass is 10.0. The number of hydrogen-bond donors (Lipinski definition) is 1. The second kappa shape index (κ2) is 4.11. The molecule has 0 heterocycles. The van der Waals surface area contributed by atoms with Gasteiger partial charge in [0.2, 0.25) is 0 Å². The summed E-state index contributed by atoms with van der Waals surface area (Å²) in [6, 6.07) is 12.6. The largest absolute Gasteiger partial charge is 0.330 e. The van der Waals surface area contributed by atoms with Crippen molar-refractivity contribution in [3.8, 4) is 0 Å². The van der Waals surface area contributed by atoms with Crippen LogP contribution in [0.5, 0.6) is 0 Å². The summed E-state index contributed by atoms with van der Waals surface area (Å²) in [5.41, 5.74) is 6.91. The van der Waals surface area contributed by atoms with Crippen molar-refractivity contribution < 1.29 is 0 Å². The maximum Gasteiger partial charge on any atom is 0.0214 e. The third-order valence-corrected chi connectivity index (χ3v) is 3.12. The van der Waals surface area contributed by atoms with Gasteiger partial charge in [0.25, 0.3) is 0 Å². The third-order valence-electron chi connectivity index (χ3n) is 2.38. The molecule has 0 radical (unpaired) electrons. The molecule has 0 unspecified atom stereocenters. The minimum absolute atomic E-state index is 0.687.